The Hall–Kier alpha value is -3.99. The summed E-state index contributed by atoms with van der Waals surface area (Å²) < 4.78 is 31.9. The van der Waals surface area contributed by atoms with Crippen LogP contribution in [0, 0.1) is 0 Å². The Balaban J connectivity index is 1.42. The van der Waals surface area contributed by atoms with Gasteiger partial charge >= 0.3 is 6.43 Å². The molecule has 0 aliphatic carbocycles. The quantitative estimate of drug-likeness (QED) is 0.436. The van der Waals surface area contributed by atoms with Gasteiger partial charge in [0.2, 0.25) is 11.8 Å². The third-order valence-corrected chi connectivity index (χ3v) is 4.61. The van der Waals surface area contributed by atoms with E-state index in [9.17, 15) is 13.6 Å². The Morgan fingerprint density at radius 2 is 1.88 bits per heavy atom. The molecule has 0 atom stereocenters. The number of nitrogens with one attached hydrogen (secondary N) is 1. The van der Waals surface area contributed by atoms with Gasteiger partial charge in [-0.05, 0) is 43.9 Å². The van der Waals surface area contributed by atoms with Crippen molar-refractivity contribution in [2.24, 2.45) is 0 Å². The molecule has 0 aliphatic heterocycles. The minimum Gasteiger partial charge on any atom is -0.415 e. The van der Waals surface area contributed by atoms with E-state index >= 15 is 0 Å². The number of hydrogen-bond donors (Lipinski definition) is 1. The first-order valence-electron chi connectivity index (χ1n) is 10.0. The summed E-state index contributed by atoms with van der Waals surface area (Å²) in [6, 6.07) is 14.5. The number of halogens is 2. The molecule has 2 heterocycles. The molecule has 0 saturated carbocycles. The van der Waals surface area contributed by atoms with Crippen LogP contribution in [0.25, 0.3) is 22.7 Å². The Kier molecular flexibility index (Phi) is 6.50. The normalized spacial score (nSPS) is 11.3. The third-order valence-electron chi connectivity index (χ3n) is 4.61. The zero-order valence-corrected chi connectivity index (χ0v) is 17.9. The van der Waals surface area contributed by atoms with Crippen LogP contribution in [0.2, 0.25) is 0 Å². The van der Waals surface area contributed by atoms with E-state index < -0.39 is 12.3 Å². The van der Waals surface area contributed by atoms with Crippen molar-refractivity contribution in [2.75, 3.05) is 26.0 Å². The fourth-order valence-electron chi connectivity index (χ4n) is 3.13. The topological polar surface area (TPSA) is 102 Å². The van der Waals surface area contributed by atoms with Gasteiger partial charge in [0.15, 0.2) is 0 Å². The van der Waals surface area contributed by atoms with Crippen LogP contribution >= 0.6 is 0 Å². The zero-order valence-electron chi connectivity index (χ0n) is 17.9. The molecule has 0 saturated heterocycles. The van der Waals surface area contributed by atoms with Gasteiger partial charge in [-0.15, -0.1) is 15.3 Å². The molecule has 2 aromatic carbocycles. The van der Waals surface area contributed by atoms with Gasteiger partial charge in [0.1, 0.15) is 5.69 Å². The lowest BCUT2D eigenvalue weighted by Crippen LogP contribution is -2.27. The molecule has 9 nitrogen and oxygen atoms in total. The molecule has 33 heavy (non-hydrogen) atoms. The van der Waals surface area contributed by atoms with Crippen LogP contribution in [0.1, 0.15) is 17.9 Å². The van der Waals surface area contributed by atoms with Gasteiger partial charge in [-0.2, -0.15) is 8.78 Å². The number of hydrogen-bond acceptors (Lipinski definition) is 7. The number of benzene rings is 2. The number of carbonyl (C=O) groups is 1. The van der Waals surface area contributed by atoms with Gasteiger partial charge in [-0.3, -0.25) is 4.79 Å². The van der Waals surface area contributed by atoms with Crippen LogP contribution in [0.15, 0.2) is 59.1 Å². The maximum Gasteiger partial charge on any atom is 0.314 e. The number of rotatable bonds is 8. The fourth-order valence-corrected chi connectivity index (χ4v) is 3.13. The molecule has 0 unspecified atom stereocenters. The standard InChI is InChI=1S/C22H21F2N7O2/c1-30(2)13-19(32)25-17-5-3-4-16(10-17)18-12-31(29-26-18)11-14-6-8-15(9-7-14)21-27-28-22(33-21)20(23)24/h3-10,12,20H,11,13H2,1-2H3,(H,25,32). The number of anilines is 1. The van der Waals surface area contributed by atoms with Crippen molar-refractivity contribution in [3.8, 4) is 22.7 Å². The second-order valence-corrected chi connectivity index (χ2v) is 7.61. The molecular formula is C22H21F2N7O2. The highest BCUT2D eigenvalue weighted by Gasteiger charge is 2.17. The second-order valence-electron chi connectivity index (χ2n) is 7.61. The Labute approximate surface area is 188 Å². The molecule has 0 spiro atoms. The van der Waals surface area contributed by atoms with Crippen LogP contribution < -0.4 is 5.32 Å². The van der Waals surface area contributed by atoms with Crippen molar-refractivity contribution in [3.63, 3.8) is 0 Å². The summed E-state index contributed by atoms with van der Waals surface area (Å²) >= 11 is 0. The lowest BCUT2D eigenvalue weighted by atomic mass is 10.1. The number of likely N-dealkylation sites (N-methyl/N-ethyl adjacent to an activating group) is 1. The fraction of sp³-hybridized carbons (Fsp3) is 0.227. The lowest BCUT2D eigenvalue weighted by molar-refractivity contribution is -0.116. The van der Waals surface area contributed by atoms with Gasteiger partial charge in [0.05, 0.1) is 19.3 Å². The maximum atomic E-state index is 12.6. The molecule has 2 aromatic heterocycles. The van der Waals surface area contributed by atoms with Crippen molar-refractivity contribution in [3.05, 3.63) is 66.2 Å². The maximum absolute atomic E-state index is 12.6. The molecule has 1 N–H and O–H groups in total. The largest absolute Gasteiger partial charge is 0.415 e. The van der Waals surface area contributed by atoms with E-state index in [1.165, 1.54) is 0 Å². The number of nitrogens with zero attached hydrogens (tertiary/aromatic N) is 6. The predicted octanol–water partition coefficient (Wildman–Crippen LogP) is 3.48. The number of amides is 1. The van der Waals surface area contributed by atoms with Crippen molar-refractivity contribution >= 4 is 11.6 Å². The zero-order chi connectivity index (χ0) is 23.4. The molecule has 0 fully saturated rings. The van der Waals surface area contributed by atoms with Gasteiger partial charge in [-0.25, -0.2) is 4.68 Å². The SMILES string of the molecule is CN(C)CC(=O)Nc1cccc(-c2cn(Cc3ccc(-c4nnc(C(F)F)o4)cc3)nn2)c1. The average Bonchev–Trinajstić information content (AvgIpc) is 3.44. The summed E-state index contributed by atoms with van der Waals surface area (Å²) in [5.41, 5.74) is 3.64. The van der Waals surface area contributed by atoms with Crippen LogP contribution in [0.3, 0.4) is 0 Å². The van der Waals surface area contributed by atoms with Gasteiger partial charge in [0, 0.05) is 16.8 Å². The summed E-state index contributed by atoms with van der Waals surface area (Å²) in [6.07, 6.45) is -0.997. The van der Waals surface area contributed by atoms with Crippen LogP contribution in [-0.4, -0.2) is 56.6 Å². The smallest absolute Gasteiger partial charge is 0.314 e. The van der Waals surface area contributed by atoms with E-state index in [-0.39, 0.29) is 11.8 Å². The first-order chi connectivity index (χ1) is 15.9. The van der Waals surface area contributed by atoms with E-state index in [0.717, 1.165) is 11.1 Å². The number of carbonyl (C=O) groups excluding carboxylic acids is 1. The summed E-state index contributed by atoms with van der Waals surface area (Å²) in [7, 11) is 3.66. The summed E-state index contributed by atoms with van der Waals surface area (Å²) in [4.78, 5) is 13.8. The van der Waals surface area contributed by atoms with Crippen LogP contribution in [0.5, 0.6) is 0 Å². The molecule has 11 heteroatoms. The summed E-state index contributed by atoms with van der Waals surface area (Å²) in [5, 5.41) is 18.2. The van der Waals surface area contributed by atoms with E-state index in [1.54, 1.807) is 21.7 Å². The molecular weight excluding hydrogens is 432 g/mol. The minimum atomic E-state index is -2.80. The highest BCUT2D eigenvalue weighted by Crippen LogP contribution is 2.24. The number of alkyl halides is 2. The van der Waals surface area contributed by atoms with E-state index in [4.69, 9.17) is 4.42 Å². The van der Waals surface area contributed by atoms with Crippen molar-refractivity contribution in [1.82, 2.24) is 30.1 Å². The van der Waals surface area contributed by atoms with Crippen LogP contribution in [0.4, 0.5) is 14.5 Å². The summed E-state index contributed by atoms with van der Waals surface area (Å²) in [6.45, 7) is 0.748. The van der Waals surface area contributed by atoms with Gasteiger partial charge in [0.25, 0.3) is 5.89 Å². The monoisotopic (exact) mass is 453 g/mol. The summed E-state index contributed by atoms with van der Waals surface area (Å²) in [5.74, 6) is -0.766. The minimum absolute atomic E-state index is 0.0393. The second kappa shape index (κ2) is 9.65. The Morgan fingerprint density at radius 3 is 2.58 bits per heavy atom. The first-order valence-corrected chi connectivity index (χ1v) is 10.0. The first kappa shape index (κ1) is 22.2. The van der Waals surface area contributed by atoms with Crippen LogP contribution in [-0.2, 0) is 11.3 Å². The predicted molar refractivity (Wildman–Crippen MR) is 116 cm³/mol. The number of aromatic nitrogens is 5. The molecule has 0 aliphatic rings. The van der Waals surface area contributed by atoms with E-state index in [2.05, 4.69) is 25.8 Å². The lowest BCUT2D eigenvalue weighted by Gasteiger charge is -2.10. The molecule has 1 amide bonds. The Bertz CT molecular complexity index is 1240. The third kappa shape index (κ3) is 5.63. The van der Waals surface area contributed by atoms with E-state index in [0.29, 0.717) is 30.0 Å². The highest BCUT2D eigenvalue weighted by molar-refractivity contribution is 5.92. The van der Waals surface area contributed by atoms with Crippen molar-refractivity contribution < 1.29 is 18.0 Å². The molecule has 170 valence electrons. The van der Waals surface area contributed by atoms with Crippen molar-refractivity contribution in [2.45, 2.75) is 13.0 Å². The van der Waals surface area contributed by atoms with Crippen molar-refractivity contribution in [1.29, 1.82) is 0 Å². The highest BCUT2D eigenvalue weighted by atomic mass is 19.3. The van der Waals surface area contributed by atoms with Gasteiger partial charge < -0.3 is 14.6 Å². The average molecular weight is 453 g/mol. The van der Waals surface area contributed by atoms with Gasteiger partial charge in [-0.1, -0.05) is 29.5 Å². The molecule has 4 rings (SSSR count). The molecule has 0 radical (unpaired) electrons. The van der Waals surface area contributed by atoms with E-state index in [1.807, 2.05) is 56.7 Å². The molecule has 4 aromatic rings. The molecule has 0 bridgehead atoms. The Morgan fingerprint density at radius 1 is 1.09 bits per heavy atom.